The van der Waals surface area contributed by atoms with E-state index in [9.17, 15) is 4.79 Å². The largest absolute Gasteiger partial charge is 0.302 e. The second-order valence-electron chi connectivity index (χ2n) is 7.12. The molecular formula is C21H20N8OS. The molecule has 10 heteroatoms. The van der Waals surface area contributed by atoms with Crippen molar-refractivity contribution in [2.45, 2.75) is 30.8 Å². The molecule has 0 atom stereocenters. The lowest BCUT2D eigenvalue weighted by atomic mass is 10.2. The maximum absolute atomic E-state index is 12.6. The molecule has 0 saturated heterocycles. The number of thioether (sulfide) groups is 1. The third-order valence-electron chi connectivity index (χ3n) is 5.13. The zero-order chi connectivity index (χ0) is 21.4. The molecule has 0 bridgehead atoms. The zero-order valence-corrected chi connectivity index (χ0v) is 18.0. The maximum atomic E-state index is 12.6. The summed E-state index contributed by atoms with van der Waals surface area (Å²) < 4.78 is 5.59. The maximum Gasteiger partial charge on any atom is 0.262 e. The van der Waals surface area contributed by atoms with Gasteiger partial charge in [0.1, 0.15) is 5.82 Å². The van der Waals surface area contributed by atoms with Gasteiger partial charge in [-0.3, -0.25) is 18.7 Å². The Morgan fingerprint density at radius 2 is 1.81 bits per heavy atom. The first kappa shape index (κ1) is 19.4. The Bertz CT molecular complexity index is 1440. The van der Waals surface area contributed by atoms with E-state index in [4.69, 9.17) is 0 Å². The van der Waals surface area contributed by atoms with E-state index < -0.39 is 0 Å². The summed E-state index contributed by atoms with van der Waals surface area (Å²) in [6, 6.07) is 11.4. The third-order valence-corrected chi connectivity index (χ3v) is 6.09. The summed E-state index contributed by atoms with van der Waals surface area (Å²) in [5.41, 5.74) is 1.70. The minimum Gasteiger partial charge on any atom is -0.302 e. The molecule has 0 amide bonds. The molecular weight excluding hydrogens is 412 g/mol. The molecule has 0 aliphatic carbocycles. The van der Waals surface area contributed by atoms with Gasteiger partial charge in [-0.1, -0.05) is 30.8 Å². The van der Waals surface area contributed by atoms with Gasteiger partial charge >= 0.3 is 0 Å². The van der Waals surface area contributed by atoms with E-state index in [1.807, 2.05) is 40.8 Å². The number of nitrogens with zero attached hydrogens (tertiary/aromatic N) is 8. The summed E-state index contributed by atoms with van der Waals surface area (Å²) in [5, 5.41) is 18.9. The van der Waals surface area contributed by atoms with Crippen LogP contribution < -0.4 is 5.56 Å². The van der Waals surface area contributed by atoms with Crippen LogP contribution in [0.5, 0.6) is 0 Å². The fraction of sp³-hybridized carbons (Fsp3) is 0.238. The van der Waals surface area contributed by atoms with Crippen molar-refractivity contribution in [3.05, 3.63) is 65.0 Å². The van der Waals surface area contributed by atoms with Crippen LogP contribution >= 0.6 is 11.8 Å². The number of benzene rings is 1. The van der Waals surface area contributed by atoms with Crippen molar-refractivity contribution in [1.82, 2.24) is 38.9 Å². The number of para-hydroxylation sites is 1. The minimum atomic E-state index is -0.0839. The Labute approximate surface area is 181 Å². The summed E-state index contributed by atoms with van der Waals surface area (Å²) in [7, 11) is 1.72. The first-order valence-electron chi connectivity index (χ1n) is 9.97. The molecule has 0 unspecified atom stereocenters. The molecule has 9 nitrogen and oxygen atoms in total. The predicted molar refractivity (Wildman–Crippen MR) is 119 cm³/mol. The quantitative estimate of drug-likeness (QED) is 0.381. The normalized spacial score (nSPS) is 11.5. The smallest absolute Gasteiger partial charge is 0.262 e. The first-order valence-corrected chi connectivity index (χ1v) is 11.0. The van der Waals surface area contributed by atoms with Crippen LogP contribution in [0.25, 0.3) is 28.1 Å². The zero-order valence-electron chi connectivity index (χ0n) is 17.1. The van der Waals surface area contributed by atoms with Crippen molar-refractivity contribution in [3.63, 3.8) is 0 Å². The highest BCUT2D eigenvalue weighted by atomic mass is 32.2. The number of hydrogen-bond acceptors (Lipinski definition) is 7. The summed E-state index contributed by atoms with van der Waals surface area (Å²) in [6.07, 6.45) is 4.47. The Morgan fingerprint density at radius 1 is 1.00 bits per heavy atom. The molecule has 4 aromatic heterocycles. The summed E-state index contributed by atoms with van der Waals surface area (Å²) in [5.74, 6) is 2.64. The van der Waals surface area contributed by atoms with Crippen molar-refractivity contribution in [2.75, 3.05) is 0 Å². The van der Waals surface area contributed by atoms with Crippen LogP contribution in [-0.2, 0) is 19.3 Å². The van der Waals surface area contributed by atoms with Crippen molar-refractivity contribution in [1.29, 1.82) is 0 Å². The fourth-order valence-electron chi connectivity index (χ4n) is 3.65. The molecule has 156 valence electrons. The van der Waals surface area contributed by atoms with Crippen LogP contribution in [0.2, 0.25) is 0 Å². The molecule has 4 heterocycles. The minimum absolute atomic E-state index is 0.0839. The highest BCUT2D eigenvalue weighted by Crippen LogP contribution is 2.27. The van der Waals surface area contributed by atoms with E-state index in [1.165, 1.54) is 4.57 Å². The predicted octanol–water partition coefficient (Wildman–Crippen LogP) is 2.94. The van der Waals surface area contributed by atoms with Gasteiger partial charge in [0.05, 0.1) is 16.7 Å². The molecule has 31 heavy (non-hydrogen) atoms. The van der Waals surface area contributed by atoms with Crippen LogP contribution in [0.3, 0.4) is 0 Å². The fourth-order valence-corrected chi connectivity index (χ4v) is 4.53. The van der Waals surface area contributed by atoms with Crippen LogP contribution in [0.4, 0.5) is 0 Å². The highest BCUT2D eigenvalue weighted by Gasteiger charge is 2.18. The van der Waals surface area contributed by atoms with E-state index in [0.717, 1.165) is 40.9 Å². The van der Waals surface area contributed by atoms with Gasteiger partial charge in [0, 0.05) is 31.5 Å². The Morgan fingerprint density at radius 3 is 2.61 bits per heavy atom. The van der Waals surface area contributed by atoms with E-state index in [-0.39, 0.29) is 5.56 Å². The lowest BCUT2D eigenvalue weighted by Gasteiger charge is -2.09. The van der Waals surface area contributed by atoms with Crippen molar-refractivity contribution in [2.24, 2.45) is 7.05 Å². The van der Waals surface area contributed by atoms with Gasteiger partial charge in [-0.2, -0.15) is 0 Å². The van der Waals surface area contributed by atoms with Crippen LogP contribution in [0.15, 0.2) is 58.7 Å². The average Bonchev–Trinajstić information content (AvgIpc) is 3.41. The molecule has 0 fully saturated rings. The second-order valence-corrected chi connectivity index (χ2v) is 8.06. The number of pyridine rings is 1. The van der Waals surface area contributed by atoms with Gasteiger partial charge in [0.2, 0.25) is 5.78 Å². The molecule has 5 aromatic rings. The standard InChI is InChI=1S/C21H20N8OS/c1-3-12-28-18(14-8-10-22-11-9-14)24-26-21(28)31-13-17-23-25-20-27(2)19(30)15-6-4-5-7-16(15)29(17)20/h4-11H,3,12-13H2,1-2H3. The van der Waals surface area contributed by atoms with E-state index in [2.05, 4.69) is 36.9 Å². The summed E-state index contributed by atoms with van der Waals surface area (Å²) in [4.78, 5) is 16.7. The number of aromatic nitrogens is 8. The van der Waals surface area contributed by atoms with Gasteiger partial charge in [0.25, 0.3) is 5.56 Å². The lowest BCUT2D eigenvalue weighted by molar-refractivity contribution is 0.626. The van der Waals surface area contributed by atoms with Gasteiger partial charge in [0.15, 0.2) is 11.0 Å². The van der Waals surface area contributed by atoms with Crippen LogP contribution in [0.1, 0.15) is 19.2 Å². The Hall–Kier alpha value is -3.53. The summed E-state index contributed by atoms with van der Waals surface area (Å²) in [6.45, 7) is 2.94. The topological polar surface area (TPSA) is 95.8 Å². The van der Waals surface area contributed by atoms with Crippen molar-refractivity contribution in [3.8, 4) is 11.4 Å². The molecule has 0 aliphatic heterocycles. The summed E-state index contributed by atoms with van der Waals surface area (Å²) >= 11 is 1.56. The molecule has 0 aliphatic rings. The number of rotatable bonds is 6. The van der Waals surface area contributed by atoms with E-state index in [1.54, 1.807) is 31.2 Å². The molecule has 1 aromatic carbocycles. The number of fused-ring (bicyclic) bond motifs is 3. The van der Waals surface area contributed by atoms with Crippen molar-refractivity contribution < 1.29 is 0 Å². The van der Waals surface area contributed by atoms with Gasteiger partial charge in [-0.15, -0.1) is 20.4 Å². The number of aryl methyl sites for hydroxylation is 1. The van der Waals surface area contributed by atoms with Gasteiger partial charge in [-0.05, 0) is 30.7 Å². The monoisotopic (exact) mass is 432 g/mol. The number of hydrogen-bond donors (Lipinski definition) is 0. The molecule has 0 N–H and O–H groups in total. The SMILES string of the molecule is CCCn1c(SCc2nnc3n(C)c(=O)c4ccccc4n23)nnc1-c1ccncc1. The molecule has 5 rings (SSSR count). The van der Waals surface area contributed by atoms with Crippen molar-refractivity contribution >= 4 is 28.4 Å². The Kier molecular flexibility index (Phi) is 4.99. The second kappa shape index (κ2) is 7.95. The Balaban J connectivity index is 1.54. The molecule has 0 spiro atoms. The van der Waals surface area contributed by atoms with Crippen LogP contribution in [0, 0.1) is 0 Å². The van der Waals surface area contributed by atoms with Crippen LogP contribution in [-0.4, -0.2) is 38.9 Å². The first-order chi connectivity index (χ1) is 15.2. The molecule has 0 saturated carbocycles. The third kappa shape index (κ3) is 3.28. The molecule has 0 radical (unpaired) electrons. The van der Waals surface area contributed by atoms with E-state index in [0.29, 0.717) is 16.9 Å². The lowest BCUT2D eigenvalue weighted by Crippen LogP contribution is -2.20. The highest BCUT2D eigenvalue weighted by molar-refractivity contribution is 7.98. The average molecular weight is 433 g/mol. The van der Waals surface area contributed by atoms with Gasteiger partial charge < -0.3 is 4.57 Å². The van der Waals surface area contributed by atoms with Gasteiger partial charge in [-0.25, -0.2) is 0 Å². The van der Waals surface area contributed by atoms with E-state index >= 15 is 0 Å².